The lowest BCUT2D eigenvalue weighted by Gasteiger charge is -2.28. The average Bonchev–Trinajstić information content (AvgIpc) is 3.14. The van der Waals surface area contributed by atoms with Gasteiger partial charge in [-0.05, 0) is 24.0 Å². The number of esters is 1. The molecule has 2 aromatic carbocycles. The van der Waals surface area contributed by atoms with E-state index < -0.39 is 11.6 Å². The normalized spacial score (nSPS) is 18.0. The minimum absolute atomic E-state index is 0.291. The fourth-order valence-electron chi connectivity index (χ4n) is 3.38. The van der Waals surface area contributed by atoms with Gasteiger partial charge in [0.15, 0.2) is 0 Å². The number of likely N-dealkylation sites (tertiary alicyclic amines) is 1. The number of halogens is 1. The van der Waals surface area contributed by atoms with E-state index in [0.29, 0.717) is 37.1 Å². The predicted octanol–water partition coefficient (Wildman–Crippen LogP) is 2.90. The predicted molar refractivity (Wildman–Crippen MR) is 97.4 cm³/mol. The van der Waals surface area contributed by atoms with Crippen LogP contribution in [0.4, 0.5) is 4.39 Å². The van der Waals surface area contributed by atoms with Crippen LogP contribution in [0.15, 0.2) is 60.7 Å². The van der Waals surface area contributed by atoms with Crippen LogP contribution in [-0.2, 0) is 15.1 Å². The summed E-state index contributed by atoms with van der Waals surface area (Å²) in [5.41, 5.74) is -0.901. The van der Waals surface area contributed by atoms with Gasteiger partial charge in [-0.3, -0.25) is 9.29 Å². The standard InChI is InChI=1S/C21H24FNO3/c22-13-7-14-23-15-12-19(16-23)26-20(24)21(25,17-8-3-1-4-9-17)18-10-5-2-6-11-18/h1-6,8-11,19,25H,7,12-16H2/t19-/m1/s1. The van der Waals surface area contributed by atoms with Crippen molar-refractivity contribution >= 4 is 5.97 Å². The number of benzene rings is 2. The van der Waals surface area contributed by atoms with Crippen molar-refractivity contribution in [2.45, 2.75) is 24.5 Å². The Balaban J connectivity index is 1.79. The van der Waals surface area contributed by atoms with Gasteiger partial charge in [0.25, 0.3) is 0 Å². The van der Waals surface area contributed by atoms with Crippen molar-refractivity contribution < 1.29 is 19.0 Å². The Labute approximate surface area is 153 Å². The first-order valence-corrected chi connectivity index (χ1v) is 8.97. The van der Waals surface area contributed by atoms with Gasteiger partial charge >= 0.3 is 5.97 Å². The maximum atomic E-state index is 13.0. The molecular formula is C21H24FNO3. The Morgan fingerprint density at radius 2 is 1.69 bits per heavy atom. The van der Waals surface area contributed by atoms with Crippen molar-refractivity contribution in [1.29, 1.82) is 0 Å². The SMILES string of the molecule is O=C(O[C@@H]1CCN(CCCF)C1)C(O)(c1ccccc1)c1ccccc1. The molecule has 0 amide bonds. The van der Waals surface area contributed by atoms with Crippen molar-refractivity contribution in [3.8, 4) is 0 Å². The monoisotopic (exact) mass is 357 g/mol. The van der Waals surface area contributed by atoms with Crippen LogP contribution in [0.5, 0.6) is 0 Å². The van der Waals surface area contributed by atoms with Gasteiger partial charge in [0.2, 0.25) is 5.60 Å². The highest BCUT2D eigenvalue weighted by atomic mass is 19.1. The maximum absolute atomic E-state index is 13.0. The van der Waals surface area contributed by atoms with Crippen LogP contribution < -0.4 is 0 Å². The van der Waals surface area contributed by atoms with E-state index in [2.05, 4.69) is 4.90 Å². The van der Waals surface area contributed by atoms with Crippen LogP contribution >= 0.6 is 0 Å². The molecule has 3 rings (SSSR count). The molecule has 0 aliphatic carbocycles. The summed E-state index contributed by atoms with van der Waals surface area (Å²) in [5.74, 6) is -0.674. The molecule has 1 heterocycles. The first-order chi connectivity index (χ1) is 12.6. The zero-order chi connectivity index (χ0) is 18.4. The Morgan fingerprint density at radius 1 is 1.12 bits per heavy atom. The minimum Gasteiger partial charge on any atom is -0.458 e. The number of ether oxygens (including phenoxy) is 1. The highest BCUT2D eigenvalue weighted by Crippen LogP contribution is 2.32. The quantitative estimate of drug-likeness (QED) is 0.774. The molecule has 0 radical (unpaired) electrons. The number of alkyl halides is 1. The Kier molecular flexibility index (Phi) is 6.01. The van der Waals surface area contributed by atoms with Crippen LogP contribution in [0.1, 0.15) is 24.0 Å². The number of hydrogen-bond acceptors (Lipinski definition) is 4. The molecular weight excluding hydrogens is 333 g/mol. The van der Waals surface area contributed by atoms with Gasteiger partial charge in [-0.15, -0.1) is 0 Å². The summed E-state index contributed by atoms with van der Waals surface area (Å²) >= 11 is 0. The smallest absolute Gasteiger partial charge is 0.348 e. The van der Waals surface area contributed by atoms with E-state index in [1.54, 1.807) is 48.5 Å². The molecule has 1 atom stereocenters. The lowest BCUT2D eigenvalue weighted by molar-refractivity contribution is -0.167. The van der Waals surface area contributed by atoms with Crippen molar-refractivity contribution in [2.75, 3.05) is 26.3 Å². The molecule has 1 N–H and O–H groups in total. The molecule has 0 spiro atoms. The number of hydrogen-bond donors (Lipinski definition) is 1. The molecule has 0 bridgehead atoms. The zero-order valence-corrected chi connectivity index (χ0v) is 14.7. The first kappa shape index (κ1) is 18.5. The third-order valence-electron chi connectivity index (χ3n) is 4.79. The number of aliphatic hydroxyl groups is 1. The zero-order valence-electron chi connectivity index (χ0n) is 14.7. The second-order valence-corrected chi connectivity index (χ2v) is 6.60. The molecule has 4 nitrogen and oxygen atoms in total. The molecule has 2 aromatic rings. The number of carbonyl (C=O) groups is 1. The molecule has 1 aliphatic heterocycles. The molecule has 1 saturated heterocycles. The van der Waals surface area contributed by atoms with Crippen LogP contribution in [0.25, 0.3) is 0 Å². The molecule has 26 heavy (non-hydrogen) atoms. The Morgan fingerprint density at radius 3 is 2.23 bits per heavy atom. The van der Waals surface area contributed by atoms with Crippen LogP contribution in [-0.4, -0.2) is 48.4 Å². The summed E-state index contributed by atoms with van der Waals surface area (Å²) in [6.45, 7) is 1.66. The van der Waals surface area contributed by atoms with Crippen molar-refractivity contribution in [3.05, 3.63) is 71.8 Å². The molecule has 1 fully saturated rings. The molecule has 0 unspecified atom stereocenters. The molecule has 0 aromatic heterocycles. The summed E-state index contributed by atoms with van der Waals surface area (Å²) in [6, 6.07) is 17.7. The fourth-order valence-corrected chi connectivity index (χ4v) is 3.38. The van der Waals surface area contributed by atoms with Crippen LogP contribution in [0.3, 0.4) is 0 Å². The molecule has 5 heteroatoms. The number of nitrogens with zero attached hydrogens (tertiary/aromatic N) is 1. The summed E-state index contributed by atoms with van der Waals surface area (Å²) in [6.07, 6.45) is 0.886. The highest BCUT2D eigenvalue weighted by Gasteiger charge is 2.43. The van der Waals surface area contributed by atoms with Crippen molar-refractivity contribution in [3.63, 3.8) is 0 Å². The third kappa shape index (κ3) is 3.94. The van der Waals surface area contributed by atoms with Crippen LogP contribution in [0, 0.1) is 0 Å². The van der Waals surface area contributed by atoms with Gasteiger partial charge in [-0.2, -0.15) is 0 Å². The topological polar surface area (TPSA) is 49.8 Å². The summed E-state index contributed by atoms with van der Waals surface area (Å²) in [7, 11) is 0. The van der Waals surface area contributed by atoms with E-state index in [0.717, 1.165) is 6.54 Å². The van der Waals surface area contributed by atoms with E-state index >= 15 is 0 Å². The van der Waals surface area contributed by atoms with Gasteiger partial charge in [-0.1, -0.05) is 60.7 Å². The lowest BCUT2D eigenvalue weighted by atomic mass is 9.86. The first-order valence-electron chi connectivity index (χ1n) is 8.97. The van der Waals surface area contributed by atoms with E-state index in [1.807, 2.05) is 12.1 Å². The Hall–Kier alpha value is -2.24. The Bertz CT molecular complexity index is 668. The fraction of sp³-hybridized carbons (Fsp3) is 0.381. The average molecular weight is 357 g/mol. The largest absolute Gasteiger partial charge is 0.458 e. The van der Waals surface area contributed by atoms with Gasteiger partial charge in [0, 0.05) is 19.6 Å². The summed E-state index contributed by atoms with van der Waals surface area (Å²) in [4.78, 5) is 15.1. The van der Waals surface area contributed by atoms with Gasteiger partial charge in [0.1, 0.15) is 6.10 Å². The van der Waals surface area contributed by atoms with E-state index in [-0.39, 0.29) is 12.8 Å². The second-order valence-electron chi connectivity index (χ2n) is 6.60. The maximum Gasteiger partial charge on any atom is 0.348 e. The lowest BCUT2D eigenvalue weighted by Crippen LogP contribution is -2.41. The summed E-state index contributed by atoms with van der Waals surface area (Å²) < 4.78 is 18.0. The van der Waals surface area contributed by atoms with Crippen molar-refractivity contribution in [1.82, 2.24) is 4.90 Å². The summed E-state index contributed by atoms with van der Waals surface area (Å²) in [5, 5.41) is 11.4. The molecule has 1 aliphatic rings. The minimum atomic E-state index is -1.85. The van der Waals surface area contributed by atoms with Crippen LogP contribution in [0.2, 0.25) is 0 Å². The number of carbonyl (C=O) groups excluding carboxylic acids is 1. The van der Waals surface area contributed by atoms with Gasteiger partial charge in [0.05, 0.1) is 6.67 Å². The number of rotatable bonds is 7. The highest BCUT2D eigenvalue weighted by molar-refractivity contribution is 5.85. The second kappa shape index (κ2) is 8.43. The molecule has 0 saturated carbocycles. The van der Waals surface area contributed by atoms with E-state index in [4.69, 9.17) is 4.74 Å². The van der Waals surface area contributed by atoms with Gasteiger partial charge in [-0.25, -0.2) is 4.79 Å². The van der Waals surface area contributed by atoms with Gasteiger partial charge < -0.3 is 9.84 Å². The van der Waals surface area contributed by atoms with E-state index in [1.165, 1.54) is 0 Å². The van der Waals surface area contributed by atoms with Crippen molar-refractivity contribution in [2.24, 2.45) is 0 Å². The third-order valence-corrected chi connectivity index (χ3v) is 4.79. The van der Waals surface area contributed by atoms with E-state index in [9.17, 15) is 14.3 Å². The molecule has 138 valence electrons.